The van der Waals surface area contributed by atoms with Gasteiger partial charge in [0.2, 0.25) is 0 Å². The zero-order valence-electron chi connectivity index (χ0n) is 19.6. The van der Waals surface area contributed by atoms with E-state index in [-0.39, 0.29) is 11.5 Å². The third-order valence-electron chi connectivity index (χ3n) is 6.73. The lowest BCUT2D eigenvalue weighted by Crippen LogP contribution is -2.23. The summed E-state index contributed by atoms with van der Waals surface area (Å²) in [7, 11) is 0. The summed E-state index contributed by atoms with van der Waals surface area (Å²) in [6.45, 7) is 2.00. The van der Waals surface area contributed by atoms with E-state index in [1.165, 1.54) is 0 Å². The molecule has 0 saturated heterocycles. The van der Waals surface area contributed by atoms with Crippen molar-refractivity contribution in [2.24, 2.45) is 0 Å². The average Bonchev–Trinajstić information content (AvgIpc) is 3.29. The van der Waals surface area contributed by atoms with E-state index in [2.05, 4.69) is 12.1 Å². The van der Waals surface area contributed by atoms with Gasteiger partial charge in [-0.15, -0.1) is 0 Å². The van der Waals surface area contributed by atoms with Crippen molar-refractivity contribution in [1.29, 1.82) is 0 Å². The summed E-state index contributed by atoms with van der Waals surface area (Å²) in [5.74, 6) is -1.12. The van der Waals surface area contributed by atoms with Gasteiger partial charge >= 0.3 is 5.97 Å². The third kappa shape index (κ3) is 3.53. The molecule has 0 bridgehead atoms. The molecule has 0 spiro atoms. The van der Waals surface area contributed by atoms with Crippen LogP contribution in [0, 0.1) is 0 Å². The van der Waals surface area contributed by atoms with E-state index in [4.69, 9.17) is 5.10 Å². The molecule has 0 atom stereocenters. The van der Waals surface area contributed by atoms with Crippen molar-refractivity contribution in [3.63, 3.8) is 0 Å². The molecule has 1 aromatic heterocycles. The normalized spacial score (nSPS) is 13.2. The number of carboxylic acid groups (broad SMARTS) is 1. The molecule has 2 heterocycles. The number of aromatic carboxylic acids is 1. The Morgan fingerprint density at radius 2 is 1.44 bits per heavy atom. The summed E-state index contributed by atoms with van der Waals surface area (Å²) in [4.78, 5) is 25.2. The van der Waals surface area contributed by atoms with Crippen LogP contribution in [0.2, 0.25) is 0 Å². The minimum Gasteiger partial charge on any atom is -0.478 e. The molecule has 4 aromatic carbocycles. The number of hydrogen-bond acceptors (Lipinski definition) is 3. The van der Waals surface area contributed by atoms with Crippen molar-refractivity contribution in [3.8, 4) is 22.4 Å². The molecule has 6 rings (SSSR count). The highest BCUT2D eigenvalue weighted by molar-refractivity contribution is 6.23. The molecule has 174 valence electrons. The summed E-state index contributed by atoms with van der Waals surface area (Å²) in [6.07, 6.45) is 0.598. The Balaban J connectivity index is 1.49. The highest BCUT2D eigenvalue weighted by Crippen LogP contribution is 2.40. The fourth-order valence-corrected chi connectivity index (χ4v) is 5.02. The molecule has 0 unspecified atom stereocenters. The second-order valence-corrected chi connectivity index (χ2v) is 9.03. The molecule has 36 heavy (non-hydrogen) atoms. The molecule has 0 saturated carbocycles. The number of hydrogen-bond donors (Lipinski definition) is 1. The summed E-state index contributed by atoms with van der Waals surface area (Å²) >= 11 is 0. The SMILES string of the molecule is CC1=C(c2ccc3cc(C(=O)O)ccc3c2)C(=O)n2nc(-c3ccccc3)c(-c3ccccc3)c2C1. The molecular weight excluding hydrogens is 448 g/mol. The first kappa shape index (κ1) is 21.7. The van der Waals surface area contributed by atoms with Gasteiger partial charge in [-0.2, -0.15) is 9.78 Å². The highest BCUT2D eigenvalue weighted by Gasteiger charge is 2.31. The molecule has 5 heteroatoms. The Bertz CT molecular complexity index is 1700. The van der Waals surface area contributed by atoms with Crippen molar-refractivity contribution >= 4 is 28.2 Å². The van der Waals surface area contributed by atoms with Crippen LogP contribution in [0.25, 0.3) is 38.7 Å². The number of allylic oxidation sites excluding steroid dienone is 2. The number of rotatable bonds is 4. The van der Waals surface area contributed by atoms with E-state index in [1.807, 2.05) is 73.7 Å². The Labute approximate surface area is 208 Å². The van der Waals surface area contributed by atoms with Gasteiger partial charge in [0.15, 0.2) is 0 Å². The van der Waals surface area contributed by atoms with Gasteiger partial charge in [0.25, 0.3) is 5.91 Å². The Kier molecular flexibility index (Phi) is 5.11. The molecule has 0 radical (unpaired) electrons. The second-order valence-electron chi connectivity index (χ2n) is 9.03. The maximum atomic E-state index is 13.9. The van der Waals surface area contributed by atoms with Gasteiger partial charge in [-0.05, 0) is 47.0 Å². The highest BCUT2D eigenvalue weighted by atomic mass is 16.4. The topological polar surface area (TPSA) is 72.2 Å². The molecule has 0 fully saturated rings. The lowest BCUT2D eigenvalue weighted by atomic mass is 9.89. The summed E-state index contributed by atoms with van der Waals surface area (Å²) in [5.41, 5.74) is 7.30. The van der Waals surface area contributed by atoms with Crippen molar-refractivity contribution in [1.82, 2.24) is 9.78 Å². The zero-order valence-corrected chi connectivity index (χ0v) is 19.6. The average molecular weight is 471 g/mol. The number of aromatic nitrogens is 2. The molecule has 5 aromatic rings. The Hall–Kier alpha value is -4.77. The molecule has 1 aliphatic rings. The molecule has 1 aliphatic heterocycles. The maximum absolute atomic E-state index is 13.9. The first-order chi connectivity index (χ1) is 17.5. The van der Waals surface area contributed by atoms with Crippen molar-refractivity contribution in [3.05, 3.63) is 119 Å². The molecular formula is C31H22N2O3. The first-order valence-corrected chi connectivity index (χ1v) is 11.8. The summed E-state index contributed by atoms with van der Waals surface area (Å²) in [5, 5.41) is 15.8. The molecule has 5 nitrogen and oxygen atoms in total. The third-order valence-corrected chi connectivity index (χ3v) is 6.73. The molecule has 1 N–H and O–H groups in total. The van der Waals surface area contributed by atoms with Crippen molar-refractivity contribution in [2.75, 3.05) is 0 Å². The van der Waals surface area contributed by atoms with Crippen LogP contribution in [0.5, 0.6) is 0 Å². The monoisotopic (exact) mass is 470 g/mol. The standard InChI is InChI=1S/C31H22N2O3/c1-19-16-26-28(20-8-4-2-5-9-20)29(21-10-6-3-7-11-21)32-33(26)30(34)27(19)24-14-12-23-18-25(31(35)36)15-13-22(23)17-24/h2-15,17-18H,16H2,1H3,(H,35,36). The van der Waals surface area contributed by atoms with Gasteiger partial charge in [0.1, 0.15) is 5.69 Å². The van der Waals surface area contributed by atoms with E-state index in [0.29, 0.717) is 12.0 Å². The lowest BCUT2D eigenvalue weighted by molar-refractivity contribution is 0.0696. The van der Waals surface area contributed by atoms with Gasteiger partial charge in [0.05, 0.1) is 11.3 Å². The van der Waals surface area contributed by atoms with Gasteiger partial charge in [-0.25, -0.2) is 4.79 Å². The van der Waals surface area contributed by atoms with E-state index >= 15 is 0 Å². The van der Waals surface area contributed by atoms with E-state index in [0.717, 1.165) is 50.0 Å². The van der Waals surface area contributed by atoms with Crippen LogP contribution in [0.4, 0.5) is 0 Å². The molecule has 0 aliphatic carbocycles. The number of carboxylic acids is 1. The largest absolute Gasteiger partial charge is 0.478 e. The van der Waals surface area contributed by atoms with Crippen LogP contribution in [-0.2, 0) is 6.42 Å². The lowest BCUT2D eigenvalue weighted by Gasteiger charge is -2.20. The first-order valence-electron chi connectivity index (χ1n) is 11.8. The van der Waals surface area contributed by atoms with Crippen LogP contribution < -0.4 is 0 Å². The van der Waals surface area contributed by atoms with Gasteiger partial charge in [-0.1, -0.05) is 84.4 Å². The van der Waals surface area contributed by atoms with Crippen LogP contribution in [-0.4, -0.2) is 26.8 Å². The van der Waals surface area contributed by atoms with Gasteiger partial charge in [-0.3, -0.25) is 4.79 Å². The van der Waals surface area contributed by atoms with E-state index in [1.54, 1.807) is 22.9 Å². The fraction of sp³-hybridized carbons (Fsp3) is 0.0645. The van der Waals surface area contributed by atoms with Crippen LogP contribution >= 0.6 is 0 Å². The number of nitrogens with zero attached hydrogens (tertiary/aromatic N) is 2. The summed E-state index contributed by atoms with van der Waals surface area (Å²) < 4.78 is 1.56. The van der Waals surface area contributed by atoms with E-state index < -0.39 is 5.97 Å². The number of carbonyl (C=O) groups excluding carboxylic acids is 1. The number of fused-ring (bicyclic) bond motifs is 2. The zero-order chi connectivity index (χ0) is 24.8. The minimum atomic E-state index is -0.961. The van der Waals surface area contributed by atoms with Crippen molar-refractivity contribution < 1.29 is 14.7 Å². The van der Waals surface area contributed by atoms with Crippen molar-refractivity contribution in [2.45, 2.75) is 13.3 Å². The Morgan fingerprint density at radius 1 is 0.806 bits per heavy atom. The number of carbonyl (C=O) groups is 2. The van der Waals surface area contributed by atoms with Crippen LogP contribution in [0.15, 0.2) is 103 Å². The predicted molar refractivity (Wildman–Crippen MR) is 141 cm³/mol. The second kappa shape index (κ2) is 8.47. The van der Waals surface area contributed by atoms with Crippen LogP contribution in [0.3, 0.4) is 0 Å². The quantitative estimate of drug-likeness (QED) is 0.316. The van der Waals surface area contributed by atoms with Gasteiger partial charge < -0.3 is 5.11 Å². The fourth-order valence-electron chi connectivity index (χ4n) is 5.02. The predicted octanol–water partition coefficient (Wildman–Crippen LogP) is 6.74. The maximum Gasteiger partial charge on any atom is 0.335 e. The van der Waals surface area contributed by atoms with E-state index in [9.17, 15) is 14.7 Å². The Morgan fingerprint density at radius 3 is 2.14 bits per heavy atom. The number of benzene rings is 4. The summed E-state index contributed by atoms with van der Waals surface area (Å²) in [6, 6.07) is 30.8. The molecule has 0 amide bonds. The minimum absolute atomic E-state index is 0.158. The van der Waals surface area contributed by atoms with Gasteiger partial charge in [0, 0.05) is 23.1 Å². The van der Waals surface area contributed by atoms with Crippen LogP contribution in [0.1, 0.15) is 33.3 Å². The smallest absolute Gasteiger partial charge is 0.335 e.